The van der Waals surface area contributed by atoms with Gasteiger partial charge < -0.3 is 39.9 Å². The van der Waals surface area contributed by atoms with Crippen molar-refractivity contribution in [3.8, 4) is 0 Å². The monoisotopic (exact) mass is 873 g/mol. The van der Waals surface area contributed by atoms with Gasteiger partial charge >= 0.3 is 19.8 Å². The van der Waals surface area contributed by atoms with E-state index in [0.29, 0.717) is 6.42 Å². The van der Waals surface area contributed by atoms with Crippen LogP contribution in [0.15, 0.2) is 60.8 Å². The molecule has 0 bridgehead atoms. The zero-order chi connectivity index (χ0) is 44.5. The first-order valence-corrected chi connectivity index (χ1v) is 24.1. The van der Waals surface area contributed by atoms with Crippen molar-refractivity contribution in [3.05, 3.63) is 60.8 Å². The van der Waals surface area contributed by atoms with E-state index in [4.69, 9.17) is 19.1 Å². The summed E-state index contributed by atoms with van der Waals surface area (Å²) in [4.78, 5) is 35.1. The molecule has 0 aliphatic heterocycles. The zero-order valence-electron chi connectivity index (χ0n) is 36.7. The lowest BCUT2D eigenvalue weighted by Gasteiger charge is -2.20. The van der Waals surface area contributed by atoms with Crippen LogP contribution in [-0.4, -0.2) is 99.3 Å². The SMILES string of the molecule is CCCCCCCC/C=C\CCCCCCCCCC(=O)OC[C@H](COP(=O)(O)OC[C@@H](O)CO)OC(=O)CCC[C@H](O)[C@@H](O)/C=C/C=C/C=C\C=C\[C@@H](O)CCCCC. The molecule has 1 unspecified atom stereocenters. The lowest BCUT2D eigenvalue weighted by atomic mass is 10.1. The van der Waals surface area contributed by atoms with Crippen molar-refractivity contribution in [1.82, 2.24) is 0 Å². The molecule has 0 radical (unpaired) electrons. The van der Waals surface area contributed by atoms with E-state index in [9.17, 15) is 39.5 Å². The van der Waals surface area contributed by atoms with Gasteiger partial charge in [0.2, 0.25) is 0 Å². The summed E-state index contributed by atoms with van der Waals surface area (Å²) < 4.78 is 32.5. The average molecular weight is 873 g/mol. The number of aliphatic hydroxyl groups is 5. The number of phosphoric acid groups is 1. The average Bonchev–Trinajstić information content (AvgIpc) is 3.22. The molecule has 0 aromatic rings. The lowest BCUT2D eigenvalue weighted by Crippen LogP contribution is -2.30. The number of allylic oxidation sites excluding steroid dienone is 8. The van der Waals surface area contributed by atoms with Gasteiger partial charge in [0.15, 0.2) is 6.10 Å². The van der Waals surface area contributed by atoms with E-state index < -0.39 is 76.7 Å². The first-order valence-electron chi connectivity index (χ1n) is 22.6. The van der Waals surface area contributed by atoms with Crippen LogP contribution in [0.1, 0.15) is 162 Å². The Bertz CT molecular complexity index is 1230. The number of esters is 2. The van der Waals surface area contributed by atoms with Crippen molar-refractivity contribution >= 4 is 19.8 Å². The van der Waals surface area contributed by atoms with E-state index in [1.165, 1.54) is 63.9 Å². The molecule has 14 heteroatoms. The van der Waals surface area contributed by atoms with Crippen LogP contribution in [-0.2, 0) is 32.7 Å². The smallest absolute Gasteiger partial charge is 0.462 e. The van der Waals surface area contributed by atoms with E-state index in [2.05, 4.69) is 30.5 Å². The molecule has 0 fully saturated rings. The van der Waals surface area contributed by atoms with Crippen molar-refractivity contribution in [2.45, 2.75) is 192 Å². The number of hydrogen-bond donors (Lipinski definition) is 6. The molecule has 0 amide bonds. The quantitative estimate of drug-likeness (QED) is 0.0112. The molecule has 348 valence electrons. The van der Waals surface area contributed by atoms with Gasteiger partial charge in [-0.3, -0.25) is 18.6 Å². The van der Waals surface area contributed by atoms with Crippen molar-refractivity contribution in [1.29, 1.82) is 0 Å². The second kappa shape index (κ2) is 40.6. The van der Waals surface area contributed by atoms with Gasteiger partial charge in [0.25, 0.3) is 0 Å². The van der Waals surface area contributed by atoms with Crippen molar-refractivity contribution in [2.24, 2.45) is 0 Å². The Balaban J connectivity index is 4.61. The number of aliphatic hydroxyl groups excluding tert-OH is 5. The summed E-state index contributed by atoms with van der Waals surface area (Å²) in [7, 11) is -4.72. The zero-order valence-corrected chi connectivity index (χ0v) is 37.6. The molecule has 6 N–H and O–H groups in total. The molecule has 0 aromatic heterocycles. The third kappa shape index (κ3) is 38.5. The lowest BCUT2D eigenvalue weighted by molar-refractivity contribution is -0.161. The van der Waals surface area contributed by atoms with E-state index >= 15 is 0 Å². The molecule has 0 rings (SSSR count). The fourth-order valence-corrected chi connectivity index (χ4v) is 6.63. The Hall–Kier alpha value is -2.45. The largest absolute Gasteiger partial charge is 0.472 e. The predicted octanol–water partition coefficient (Wildman–Crippen LogP) is 8.80. The number of rotatable bonds is 41. The predicted molar refractivity (Wildman–Crippen MR) is 237 cm³/mol. The Morgan fingerprint density at radius 1 is 0.583 bits per heavy atom. The Morgan fingerprint density at radius 3 is 1.72 bits per heavy atom. The van der Waals surface area contributed by atoms with E-state index in [-0.39, 0.29) is 25.7 Å². The third-order valence-electron chi connectivity index (χ3n) is 9.51. The highest BCUT2D eigenvalue weighted by Gasteiger charge is 2.27. The maximum Gasteiger partial charge on any atom is 0.472 e. The van der Waals surface area contributed by atoms with Crippen LogP contribution < -0.4 is 0 Å². The summed E-state index contributed by atoms with van der Waals surface area (Å²) in [5, 5.41) is 48.8. The Labute approximate surface area is 361 Å². The second-order valence-corrected chi connectivity index (χ2v) is 16.7. The number of hydrogen-bond acceptors (Lipinski definition) is 12. The summed E-state index contributed by atoms with van der Waals surface area (Å²) in [6.45, 7) is 1.87. The number of carbonyl (C=O) groups is 2. The van der Waals surface area contributed by atoms with Crippen LogP contribution in [0.3, 0.4) is 0 Å². The topological polar surface area (TPSA) is 210 Å². The van der Waals surface area contributed by atoms with Crippen LogP contribution in [0, 0.1) is 0 Å². The minimum absolute atomic E-state index is 0.0648. The van der Waals surface area contributed by atoms with E-state index in [0.717, 1.165) is 57.8 Å². The normalized spacial score (nSPS) is 15.9. The number of phosphoric ester groups is 1. The van der Waals surface area contributed by atoms with Crippen LogP contribution in [0.5, 0.6) is 0 Å². The van der Waals surface area contributed by atoms with Crippen LogP contribution in [0.2, 0.25) is 0 Å². The van der Waals surface area contributed by atoms with Gasteiger partial charge in [0, 0.05) is 12.8 Å². The van der Waals surface area contributed by atoms with Gasteiger partial charge in [-0.1, -0.05) is 158 Å². The Morgan fingerprint density at radius 2 is 1.10 bits per heavy atom. The van der Waals surface area contributed by atoms with Gasteiger partial charge in [-0.15, -0.1) is 0 Å². The number of ether oxygens (including phenoxy) is 2. The van der Waals surface area contributed by atoms with Gasteiger partial charge in [-0.25, -0.2) is 4.57 Å². The van der Waals surface area contributed by atoms with Gasteiger partial charge in [0.1, 0.15) is 12.7 Å². The Kier molecular flexibility index (Phi) is 39.0. The molecule has 0 aliphatic carbocycles. The maximum atomic E-state index is 12.7. The summed E-state index contributed by atoms with van der Waals surface area (Å²) in [5.74, 6) is -1.26. The molecule has 0 aliphatic rings. The summed E-state index contributed by atoms with van der Waals surface area (Å²) in [6.07, 6.45) is 34.0. The molecule has 0 aromatic carbocycles. The van der Waals surface area contributed by atoms with Crippen molar-refractivity contribution in [2.75, 3.05) is 26.4 Å². The molecule has 0 spiro atoms. The maximum absolute atomic E-state index is 12.7. The van der Waals surface area contributed by atoms with Crippen LogP contribution in [0.25, 0.3) is 0 Å². The highest BCUT2D eigenvalue weighted by molar-refractivity contribution is 7.47. The summed E-state index contributed by atoms with van der Waals surface area (Å²) in [6, 6.07) is 0. The molecule has 0 saturated carbocycles. The fraction of sp³-hybridized carbons (Fsp3) is 0.739. The number of carbonyl (C=O) groups excluding carboxylic acids is 2. The third-order valence-corrected chi connectivity index (χ3v) is 10.5. The second-order valence-electron chi connectivity index (χ2n) is 15.3. The summed E-state index contributed by atoms with van der Waals surface area (Å²) in [5.41, 5.74) is 0. The summed E-state index contributed by atoms with van der Waals surface area (Å²) >= 11 is 0. The van der Waals surface area contributed by atoms with Gasteiger partial charge in [-0.05, 0) is 51.4 Å². The first-order chi connectivity index (χ1) is 28.9. The van der Waals surface area contributed by atoms with E-state index in [1.807, 2.05) is 0 Å². The standard InChI is InChI=1S/C46H81O13P/c1-3-5-7-8-9-10-11-12-13-14-15-16-17-18-19-24-28-34-45(52)56-38-42(39-58-60(54,55)57-37-41(49)36-47)59-46(53)35-29-33-44(51)43(50)32-27-23-21-20-22-26-31-40(48)30-25-6-4-2/h12-13,20-23,26-27,31-32,40-44,47-51H,3-11,14-19,24-25,28-30,33-39H2,1-2H3,(H,54,55)/b13-12-,22-20-,23-21+,31-26+,32-27+/t40-,41-,42+,43-,44-/m0/s1. The fourth-order valence-electron chi connectivity index (χ4n) is 5.84. The van der Waals surface area contributed by atoms with Crippen molar-refractivity contribution in [3.63, 3.8) is 0 Å². The molecular weight excluding hydrogens is 791 g/mol. The highest BCUT2D eigenvalue weighted by Crippen LogP contribution is 2.43. The van der Waals surface area contributed by atoms with Crippen LogP contribution >= 0.6 is 7.82 Å². The van der Waals surface area contributed by atoms with Gasteiger partial charge in [-0.2, -0.15) is 0 Å². The minimum Gasteiger partial charge on any atom is -0.462 e. The highest BCUT2D eigenvalue weighted by atomic mass is 31.2. The van der Waals surface area contributed by atoms with Crippen LogP contribution in [0.4, 0.5) is 0 Å². The van der Waals surface area contributed by atoms with Gasteiger partial charge in [0.05, 0.1) is 38.1 Å². The molecular formula is C46H81O13P. The molecule has 6 atom stereocenters. The number of unbranched alkanes of at least 4 members (excludes halogenated alkanes) is 15. The molecule has 0 saturated heterocycles. The minimum atomic E-state index is -4.72. The van der Waals surface area contributed by atoms with E-state index in [1.54, 1.807) is 42.5 Å². The molecule has 13 nitrogen and oxygen atoms in total. The molecule has 60 heavy (non-hydrogen) atoms. The first kappa shape index (κ1) is 57.5. The molecule has 0 heterocycles. The van der Waals surface area contributed by atoms with Crippen molar-refractivity contribution < 1.29 is 63.1 Å².